The standard InChI is InChI=1S/C10H11O5P/c11-10(12)9-7-4-2-1-3-6(7)5-8(9)16(13,14)15/h1-4,8-9H,5H2,(H,11,12)(H2,13,14,15)/t8-,9+/m1/s1. The molecule has 0 radical (unpaired) electrons. The van der Waals surface area contributed by atoms with E-state index >= 15 is 0 Å². The van der Waals surface area contributed by atoms with Crippen LogP contribution in [-0.4, -0.2) is 26.5 Å². The third-order valence-corrected chi connectivity index (χ3v) is 4.25. The van der Waals surface area contributed by atoms with Gasteiger partial charge in [0.15, 0.2) is 0 Å². The van der Waals surface area contributed by atoms with E-state index in [0.717, 1.165) is 0 Å². The topological polar surface area (TPSA) is 94.8 Å². The molecule has 1 aromatic rings. The molecule has 1 aliphatic rings. The van der Waals surface area contributed by atoms with Crippen LogP contribution in [0.2, 0.25) is 0 Å². The molecular formula is C10H11O5P. The van der Waals surface area contributed by atoms with E-state index in [2.05, 4.69) is 0 Å². The third-order valence-electron chi connectivity index (χ3n) is 2.90. The Morgan fingerprint density at radius 3 is 2.50 bits per heavy atom. The molecule has 6 heteroatoms. The Hall–Kier alpha value is -1.16. The van der Waals surface area contributed by atoms with Gasteiger partial charge in [0.25, 0.3) is 0 Å². The van der Waals surface area contributed by atoms with Crippen LogP contribution in [0.5, 0.6) is 0 Å². The molecule has 0 amide bonds. The molecule has 2 rings (SSSR count). The maximum Gasteiger partial charge on any atom is 0.330 e. The molecule has 1 aromatic carbocycles. The summed E-state index contributed by atoms with van der Waals surface area (Å²) in [6.07, 6.45) is 0.122. The second-order valence-corrected chi connectivity index (χ2v) is 5.72. The van der Waals surface area contributed by atoms with Gasteiger partial charge in [0.2, 0.25) is 0 Å². The van der Waals surface area contributed by atoms with Crippen LogP contribution < -0.4 is 0 Å². The van der Waals surface area contributed by atoms with E-state index in [0.29, 0.717) is 11.1 Å². The number of hydrogen-bond donors (Lipinski definition) is 3. The van der Waals surface area contributed by atoms with Crippen molar-refractivity contribution < 1.29 is 24.3 Å². The highest BCUT2D eigenvalue weighted by Gasteiger charge is 2.46. The highest BCUT2D eigenvalue weighted by Crippen LogP contribution is 2.53. The lowest BCUT2D eigenvalue weighted by Gasteiger charge is -2.17. The summed E-state index contributed by atoms with van der Waals surface area (Å²) in [6, 6.07) is 6.74. The zero-order chi connectivity index (χ0) is 11.9. The lowest BCUT2D eigenvalue weighted by atomic mass is 10.0. The summed E-state index contributed by atoms with van der Waals surface area (Å²) >= 11 is 0. The van der Waals surface area contributed by atoms with E-state index in [9.17, 15) is 9.36 Å². The SMILES string of the molecule is O=C(O)[C@H]1c2ccccc2C[C@H]1P(=O)(O)O. The van der Waals surface area contributed by atoms with Crippen molar-refractivity contribution in [3.63, 3.8) is 0 Å². The maximum atomic E-state index is 11.2. The summed E-state index contributed by atoms with van der Waals surface area (Å²) in [5, 5.41) is 9.05. The Morgan fingerprint density at radius 2 is 1.94 bits per heavy atom. The van der Waals surface area contributed by atoms with Crippen LogP contribution in [0.25, 0.3) is 0 Å². The van der Waals surface area contributed by atoms with Gasteiger partial charge in [-0.3, -0.25) is 9.36 Å². The molecular weight excluding hydrogens is 231 g/mol. The minimum Gasteiger partial charge on any atom is -0.481 e. The van der Waals surface area contributed by atoms with Crippen molar-refractivity contribution in [2.24, 2.45) is 0 Å². The molecule has 86 valence electrons. The lowest BCUT2D eigenvalue weighted by molar-refractivity contribution is -0.138. The molecule has 0 unspecified atom stereocenters. The fraction of sp³-hybridized carbons (Fsp3) is 0.300. The smallest absolute Gasteiger partial charge is 0.330 e. The maximum absolute atomic E-state index is 11.2. The number of carboxylic acid groups (broad SMARTS) is 1. The molecule has 0 aliphatic heterocycles. The monoisotopic (exact) mass is 242 g/mol. The highest BCUT2D eigenvalue weighted by atomic mass is 31.2. The summed E-state index contributed by atoms with van der Waals surface area (Å²) in [5.74, 6) is -2.28. The molecule has 1 aliphatic carbocycles. The van der Waals surface area contributed by atoms with Crippen molar-refractivity contribution in [2.75, 3.05) is 0 Å². The second kappa shape index (κ2) is 3.70. The number of carboxylic acids is 1. The van der Waals surface area contributed by atoms with Crippen LogP contribution in [0.15, 0.2) is 24.3 Å². The first kappa shape index (κ1) is 11.3. The van der Waals surface area contributed by atoms with E-state index < -0.39 is 25.1 Å². The first-order valence-electron chi connectivity index (χ1n) is 4.77. The average molecular weight is 242 g/mol. The zero-order valence-electron chi connectivity index (χ0n) is 8.28. The summed E-state index contributed by atoms with van der Waals surface area (Å²) in [7, 11) is -4.39. The van der Waals surface area contributed by atoms with Crippen molar-refractivity contribution in [3.8, 4) is 0 Å². The van der Waals surface area contributed by atoms with Crippen molar-refractivity contribution in [1.29, 1.82) is 0 Å². The molecule has 0 spiro atoms. The summed E-state index contributed by atoms with van der Waals surface area (Å²) in [4.78, 5) is 29.4. The molecule has 5 nitrogen and oxygen atoms in total. The third kappa shape index (κ3) is 1.78. The predicted octanol–water partition coefficient (Wildman–Crippen LogP) is 0.957. The van der Waals surface area contributed by atoms with Crippen LogP contribution in [0, 0.1) is 0 Å². The van der Waals surface area contributed by atoms with Gasteiger partial charge in [0.1, 0.15) is 0 Å². The fourth-order valence-electron chi connectivity index (χ4n) is 2.18. The molecule has 3 N–H and O–H groups in total. The molecule has 0 heterocycles. The van der Waals surface area contributed by atoms with Gasteiger partial charge in [0, 0.05) is 0 Å². The van der Waals surface area contributed by atoms with Crippen LogP contribution in [0.4, 0.5) is 0 Å². The number of benzene rings is 1. The predicted molar refractivity (Wildman–Crippen MR) is 56.4 cm³/mol. The minimum absolute atomic E-state index is 0.122. The van der Waals surface area contributed by atoms with Gasteiger partial charge in [-0.15, -0.1) is 0 Å². The zero-order valence-corrected chi connectivity index (χ0v) is 9.17. The summed E-state index contributed by atoms with van der Waals surface area (Å²) in [5.41, 5.74) is 0.0916. The summed E-state index contributed by atoms with van der Waals surface area (Å²) in [6.45, 7) is 0. The quantitative estimate of drug-likeness (QED) is 0.671. The average Bonchev–Trinajstić information content (AvgIpc) is 2.55. The molecule has 16 heavy (non-hydrogen) atoms. The Balaban J connectivity index is 2.50. The first-order chi connectivity index (χ1) is 7.41. The van der Waals surface area contributed by atoms with Gasteiger partial charge >= 0.3 is 13.6 Å². The number of hydrogen-bond acceptors (Lipinski definition) is 2. The van der Waals surface area contributed by atoms with Crippen molar-refractivity contribution >= 4 is 13.6 Å². The largest absolute Gasteiger partial charge is 0.481 e. The molecule has 0 saturated carbocycles. The lowest BCUT2D eigenvalue weighted by Crippen LogP contribution is -2.22. The molecule has 2 atom stereocenters. The van der Waals surface area contributed by atoms with Crippen LogP contribution in [0.3, 0.4) is 0 Å². The fourth-order valence-corrected chi connectivity index (χ4v) is 3.30. The Morgan fingerprint density at radius 1 is 1.31 bits per heavy atom. The van der Waals surface area contributed by atoms with E-state index in [1.807, 2.05) is 0 Å². The van der Waals surface area contributed by atoms with Gasteiger partial charge < -0.3 is 14.9 Å². The number of rotatable bonds is 2. The summed E-state index contributed by atoms with van der Waals surface area (Å²) < 4.78 is 11.2. The van der Waals surface area contributed by atoms with Gasteiger partial charge in [-0.25, -0.2) is 0 Å². The van der Waals surface area contributed by atoms with Gasteiger partial charge in [-0.1, -0.05) is 24.3 Å². The Labute approximate surface area is 91.9 Å². The normalized spacial score (nSPS) is 24.1. The van der Waals surface area contributed by atoms with Crippen molar-refractivity contribution in [1.82, 2.24) is 0 Å². The van der Waals surface area contributed by atoms with Crippen molar-refractivity contribution in [2.45, 2.75) is 18.0 Å². The van der Waals surface area contributed by atoms with Gasteiger partial charge in [-0.2, -0.15) is 0 Å². The Bertz CT molecular complexity index is 478. The molecule has 0 fully saturated rings. The minimum atomic E-state index is -4.39. The molecule has 0 bridgehead atoms. The van der Waals surface area contributed by atoms with Crippen molar-refractivity contribution in [3.05, 3.63) is 35.4 Å². The van der Waals surface area contributed by atoms with Crippen LogP contribution >= 0.6 is 7.60 Å². The first-order valence-corrected chi connectivity index (χ1v) is 6.45. The molecule has 0 aromatic heterocycles. The second-order valence-electron chi connectivity index (χ2n) is 3.88. The highest BCUT2D eigenvalue weighted by molar-refractivity contribution is 7.52. The van der Waals surface area contributed by atoms with E-state index in [1.54, 1.807) is 24.3 Å². The van der Waals surface area contributed by atoms with E-state index in [4.69, 9.17) is 14.9 Å². The number of aliphatic carboxylic acids is 1. The Kier molecular flexibility index (Phi) is 2.62. The number of fused-ring (bicyclic) bond motifs is 1. The van der Waals surface area contributed by atoms with E-state index in [-0.39, 0.29) is 6.42 Å². The van der Waals surface area contributed by atoms with Crippen LogP contribution in [-0.2, 0) is 15.8 Å². The van der Waals surface area contributed by atoms with Crippen LogP contribution in [0.1, 0.15) is 17.0 Å². The number of carbonyl (C=O) groups is 1. The van der Waals surface area contributed by atoms with Gasteiger partial charge in [0.05, 0.1) is 11.6 Å². The van der Waals surface area contributed by atoms with E-state index in [1.165, 1.54) is 0 Å². The molecule has 0 saturated heterocycles. The van der Waals surface area contributed by atoms with Gasteiger partial charge in [-0.05, 0) is 17.5 Å².